The third-order valence-corrected chi connectivity index (χ3v) is 6.34. The predicted octanol–water partition coefficient (Wildman–Crippen LogP) is 5.21. The number of anilines is 3. The maximum Gasteiger partial charge on any atom is 0.340 e. The number of hydrogen-bond acceptors (Lipinski definition) is 6. The number of hydrogen-bond donors (Lipinski definition) is 2. The molecule has 8 nitrogen and oxygen atoms in total. The molecule has 0 unspecified atom stereocenters. The standard InChI is InChI=1S/C29H25N5O3S/c1-36-28(35)25-8-5-9-26(27(25)33-14-2-3-15-33)34-18-24(19-34)37-23-12-10-21(11-13-23)31-29(38)32-22-7-4-6-20(16-22)17-30/h2-16,24H,18-19H2,1H3,(H2,31,32,38). The van der Waals surface area contributed by atoms with E-state index in [0.717, 1.165) is 28.5 Å². The molecule has 1 aliphatic heterocycles. The fraction of sp³-hybridized carbons (Fsp3) is 0.138. The van der Waals surface area contributed by atoms with Gasteiger partial charge in [0, 0.05) is 23.8 Å². The molecule has 2 N–H and O–H groups in total. The van der Waals surface area contributed by atoms with Gasteiger partial charge in [-0.3, -0.25) is 0 Å². The second kappa shape index (κ2) is 11.1. The molecule has 0 spiro atoms. The van der Waals surface area contributed by atoms with Crippen molar-refractivity contribution in [1.82, 2.24) is 4.57 Å². The summed E-state index contributed by atoms with van der Waals surface area (Å²) in [4.78, 5) is 14.6. The first kappa shape index (κ1) is 24.9. The lowest BCUT2D eigenvalue weighted by Gasteiger charge is -2.41. The van der Waals surface area contributed by atoms with Gasteiger partial charge >= 0.3 is 5.97 Å². The zero-order valence-electron chi connectivity index (χ0n) is 20.6. The van der Waals surface area contributed by atoms with Gasteiger partial charge in [0.25, 0.3) is 0 Å². The van der Waals surface area contributed by atoms with Crippen LogP contribution in [0.25, 0.3) is 5.69 Å². The summed E-state index contributed by atoms with van der Waals surface area (Å²) in [5, 5.41) is 15.7. The van der Waals surface area contributed by atoms with Crippen LogP contribution in [0.5, 0.6) is 5.75 Å². The number of ether oxygens (including phenoxy) is 2. The molecule has 0 saturated carbocycles. The zero-order chi connectivity index (χ0) is 26.5. The van der Waals surface area contributed by atoms with E-state index in [2.05, 4.69) is 21.6 Å². The average molecular weight is 524 g/mol. The lowest BCUT2D eigenvalue weighted by Crippen LogP contribution is -2.54. The molecule has 9 heteroatoms. The number of carbonyl (C=O) groups excluding carboxylic acids is 1. The number of carbonyl (C=O) groups is 1. The highest BCUT2D eigenvalue weighted by molar-refractivity contribution is 7.80. The van der Waals surface area contributed by atoms with E-state index in [1.165, 1.54) is 7.11 Å². The number of rotatable bonds is 7. The molecular weight excluding hydrogens is 498 g/mol. The van der Waals surface area contributed by atoms with Crippen LogP contribution in [-0.2, 0) is 4.74 Å². The molecule has 0 bridgehead atoms. The fourth-order valence-electron chi connectivity index (χ4n) is 4.29. The van der Waals surface area contributed by atoms with Crippen LogP contribution in [0.3, 0.4) is 0 Å². The van der Waals surface area contributed by atoms with Crippen molar-refractivity contribution in [2.75, 3.05) is 35.7 Å². The van der Waals surface area contributed by atoms with Crippen molar-refractivity contribution in [1.29, 1.82) is 5.26 Å². The Kier molecular flexibility index (Phi) is 7.24. The summed E-state index contributed by atoms with van der Waals surface area (Å²) in [7, 11) is 1.39. The number of esters is 1. The van der Waals surface area contributed by atoms with Gasteiger partial charge in [0.15, 0.2) is 5.11 Å². The van der Waals surface area contributed by atoms with Crippen LogP contribution in [-0.4, -0.2) is 42.0 Å². The molecule has 1 aromatic heterocycles. The smallest absolute Gasteiger partial charge is 0.340 e. The van der Waals surface area contributed by atoms with Crippen molar-refractivity contribution < 1.29 is 14.3 Å². The minimum absolute atomic E-state index is 0.0169. The number of para-hydroxylation sites is 1. The zero-order valence-corrected chi connectivity index (χ0v) is 21.4. The van der Waals surface area contributed by atoms with E-state index < -0.39 is 0 Å². The van der Waals surface area contributed by atoms with E-state index in [4.69, 9.17) is 27.0 Å². The molecule has 1 aliphatic rings. The third-order valence-electron chi connectivity index (χ3n) is 6.14. The van der Waals surface area contributed by atoms with Crippen LogP contribution in [0, 0.1) is 11.3 Å². The maximum atomic E-state index is 12.4. The Labute approximate surface area is 226 Å². The van der Waals surface area contributed by atoms with Crippen LogP contribution in [0.15, 0.2) is 91.3 Å². The van der Waals surface area contributed by atoms with Gasteiger partial charge in [-0.05, 0) is 78.9 Å². The van der Waals surface area contributed by atoms with Crippen molar-refractivity contribution in [3.05, 3.63) is 102 Å². The molecule has 4 aromatic rings. The van der Waals surface area contributed by atoms with Gasteiger partial charge in [-0.1, -0.05) is 12.1 Å². The topological polar surface area (TPSA) is 91.6 Å². The van der Waals surface area contributed by atoms with Crippen molar-refractivity contribution in [2.45, 2.75) is 6.10 Å². The van der Waals surface area contributed by atoms with Crippen LogP contribution in [0.1, 0.15) is 15.9 Å². The Balaban J connectivity index is 1.19. The van der Waals surface area contributed by atoms with Gasteiger partial charge in [0.2, 0.25) is 0 Å². The molecule has 38 heavy (non-hydrogen) atoms. The first-order chi connectivity index (χ1) is 18.5. The van der Waals surface area contributed by atoms with Crippen LogP contribution < -0.4 is 20.3 Å². The summed E-state index contributed by atoms with van der Waals surface area (Å²) in [6.07, 6.45) is 3.85. The molecule has 0 aliphatic carbocycles. The molecule has 0 amide bonds. The van der Waals surface area contributed by atoms with Crippen LogP contribution >= 0.6 is 12.2 Å². The molecule has 0 atom stereocenters. The average Bonchev–Trinajstić information content (AvgIpc) is 3.45. The Hall–Kier alpha value is -4.81. The third kappa shape index (κ3) is 5.45. The molecule has 0 radical (unpaired) electrons. The quantitative estimate of drug-likeness (QED) is 0.252. The molecule has 190 valence electrons. The van der Waals surface area contributed by atoms with Gasteiger partial charge in [-0.15, -0.1) is 0 Å². The largest absolute Gasteiger partial charge is 0.487 e. The van der Waals surface area contributed by atoms with E-state index in [1.807, 2.05) is 71.6 Å². The van der Waals surface area contributed by atoms with Crippen LogP contribution in [0.4, 0.5) is 17.1 Å². The van der Waals surface area contributed by atoms with Crippen molar-refractivity contribution >= 4 is 40.4 Å². The van der Waals surface area contributed by atoms with Gasteiger partial charge in [0.1, 0.15) is 11.9 Å². The van der Waals surface area contributed by atoms with Crippen molar-refractivity contribution in [2.24, 2.45) is 0 Å². The second-order valence-corrected chi connectivity index (χ2v) is 9.10. The van der Waals surface area contributed by atoms with Gasteiger partial charge in [0.05, 0.1) is 48.8 Å². The molecular formula is C29H25N5O3S. The molecule has 5 rings (SSSR count). The summed E-state index contributed by atoms with van der Waals surface area (Å²) in [5.74, 6) is 0.387. The van der Waals surface area contributed by atoms with E-state index in [1.54, 1.807) is 24.3 Å². The van der Waals surface area contributed by atoms with Crippen LogP contribution in [0.2, 0.25) is 0 Å². The Bertz CT molecular complexity index is 1490. The van der Waals surface area contributed by atoms with E-state index in [-0.39, 0.29) is 12.1 Å². The number of aromatic nitrogens is 1. The lowest BCUT2D eigenvalue weighted by atomic mass is 10.1. The van der Waals surface area contributed by atoms with Crippen molar-refractivity contribution in [3.63, 3.8) is 0 Å². The number of nitriles is 1. The number of benzene rings is 3. The Morgan fingerprint density at radius 3 is 2.39 bits per heavy atom. The molecule has 3 aromatic carbocycles. The fourth-order valence-corrected chi connectivity index (χ4v) is 4.53. The summed E-state index contributed by atoms with van der Waals surface area (Å²) in [6, 6.07) is 26.3. The second-order valence-electron chi connectivity index (χ2n) is 8.70. The van der Waals surface area contributed by atoms with Crippen molar-refractivity contribution in [3.8, 4) is 17.5 Å². The maximum absolute atomic E-state index is 12.4. The van der Waals surface area contributed by atoms with Gasteiger partial charge < -0.3 is 29.6 Å². The summed E-state index contributed by atoms with van der Waals surface area (Å²) in [6.45, 7) is 1.38. The Morgan fingerprint density at radius 2 is 1.68 bits per heavy atom. The van der Waals surface area contributed by atoms with Gasteiger partial charge in [-0.25, -0.2) is 4.79 Å². The highest BCUT2D eigenvalue weighted by Crippen LogP contribution is 2.33. The molecule has 2 heterocycles. The highest BCUT2D eigenvalue weighted by Gasteiger charge is 2.32. The Morgan fingerprint density at radius 1 is 0.974 bits per heavy atom. The summed E-state index contributed by atoms with van der Waals surface area (Å²) < 4.78 is 13.1. The normalized spacial score (nSPS) is 12.7. The monoisotopic (exact) mass is 523 g/mol. The number of methoxy groups -OCH3 is 1. The molecule has 1 fully saturated rings. The summed E-state index contributed by atoms with van der Waals surface area (Å²) in [5.41, 5.74) is 4.38. The van der Waals surface area contributed by atoms with Gasteiger partial charge in [-0.2, -0.15) is 5.26 Å². The van der Waals surface area contributed by atoms with E-state index in [9.17, 15) is 4.79 Å². The number of nitrogens with zero attached hydrogens (tertiary/aromatic N) is 3. The molecule has 1 saturated heterocycles. The SMILES string of the molecule is COC(=O)c1cccc(N2CC(Oc3ccc(NC(=S)Nc4cccc(C#N)c4)cc3)C2)c1-n1cccc1. The minimum atomic E-state index is -0.372. The predicted molar refractivity (Wildman–Crippen MR) is 151 cm³/mol. The number of thiocarbonyl (C=S) groups is 1. The minimum Gasteiger partial charge on any atom is -0.487 e. The van der Waals surface area contributed by atoms with E-state index >= 15 is 0 Å². The summed E-state index contributed by atoms with van der Waals surface area (Å²) >= 11 is 5.39. The lowest BCUT2D eigenvalue weighted by molar-refractivity contribution is 0.0600. The highest BCUT2D eigenvalue weighted by atomic mass is 32.1. The van der Waals surface area contributed by atoms with E-state index in [0.29, 0.717) is 29.3 Å². The first-order valence-electron chi connectivity index (χ1n) is 12.0. The first-order valence-corrected chi connectivity index (χ1v) is 12.4. The number of nitrogens with one attached hydrogen (secondary N) is 2.